The minimum Gasteiger partial charge on any atom is -0.511 e. The first kappa shape index (κ1) is 21.0. The molecule has 0 aromatic heterocycles. The van der Waals surface area contributed by atoms with Gasteiger partial charge < -0.3 is 5.11 Å². The van der Waals surface area contributed by atoms with Crippen molar-refractivity contribution in [1.29, 1.82) is 0 Å². The standard InChI is InChI=1S/C28H29NO2/c1-28(2,3)29-24(16-21-14-9-13-20-12-7-8-15-23(20)21)27-25(30)17-22(18-26(27)31)19-10-5-4-6-11-19/h4-15,22,30H,16-18H2,1-3H3. The van der Waals surface area contributed by atoms with Crippen molar-refractivity contribution < 1.29 is 9.90 Å². The number of fused-ring (bicyclic) bond motifs is 1. The van der Waals surface area contributed by atoms with Gasteiger partial charge in [0.2, 0.25) is 0 Å². The molecule has 0 spiro atoms. The van der Waals surface area contributed by atoms with E-state index in [0.717, 1.165) is 21.9 Å². The second-order valence-electron chi connectivity index (χ2n) is 9.31. The first-order chi connectivity index (χ1) is 14.8. The zero-order valence-corrected chi connectivity index (χ0v) is 18.4. The Hall–Kier alpha value is -3.20. The predicted molar refractivity (Wildman–Crippen MR) is 128 cm³/mol. The van der Waals surface area contributed by atoms with Crippen LogP contribution in [-0.2, 0) is 11.2 Å². The summed E-state index contributed by atoms with van der Waals surface area (Å²) in [7, 11) is 0. The Labute approximate surface area is 184 Å². The lowest BCUT2D eigenvalue weighted by atomic mass is 9.80. The highest BCUT2D eigenvalue weighted by Crippen LogP contribution is 2.35. The van der Waals surface area contributed by atoms with E-state index >= 15 is 0 Å². The molecule has 1 aliphatic carbocycles. The Balaban J connectivity index is 1.74. The zero-order valence-electron chi connectivity index (χ0n) is 18.4. The second-order valence-corrected chi connectivity index (χ2v) is 9.31. The van der Waals surface area contributed by atoms with Crippen LogP contribution in [0.3, 0.4) is 0 Å². The molecule has 31 heavy (non-hydrogen) atoms. The first-order valence-corrected chi connectivity index (χ1v) is 10.9. The van der Waals surface area contributed by atoms with Crippen molar-refractivity contribution in [3.05, 3.63) is 95.3 Å². The topological polar surface area (TPSA) is 49.7 Å². The third kappa shape index (κ3) is 4.77. The molecule has 1 unspecified atom stereocenters. The molecule has 0 fully saturated rings. The normalized spacial score (nSPS) is 18.0. The summed E-state index contributed by atoms with van der Waals surface area (Å²) < 4.78 is 0. The summed E-state index contributed by atoms with van der Waals surface area (Å²) in [5, 5.41) is 13.3. The fraction of sp³-hybridized carbons (Fsp3) is 0.286. The SMILES string of the molecule is CC(C)(C)N=C(Cc1cccc2ccccc12)C1=C(O)CC(c2ccccc2)CC1=O. The fourth-order valence-corrected chi connectivity index (χ4v) is 4.40. The lowest BCUT2D eigenvalue weighted by Gasteiger charge is -2.26. The highest BCUT2D eigenvalue weighted by Gasteiger charge is 2.32. The molecule has 0 saturated carbocycles. The minimum atomic E-state index is -0.357. The summed E-state index contributed by atoms with van der Waals surface area (Å²) in [6.45, 7) is 6.06. The van der Waals surface area contributed by atoms with Crippen LogP contribution in [0, 0.1) is 0 Å². The van der Waals surface area contributed by atoms with Gasteiger partial charge in [0.1, 0.15) is 5.76 Å². The number of nitrogens with zero attached hydrogens (tertiary/aromatic N) is 1. The van der Waals surface area contributed by atoms with Gasteiger partial charge >= 0.3 is 0 Å². The number of aliphatic hydroxyl groups excluding tert-OH is 1. The molecule has 0 saturated heterocycles. The summed E-state index contributed by atoms with van der Waals surface area (Å²) in [4.78, 5) is 18.2. The van der Waals surface area contributed by atoms with E-state index in [2.05, 4.69) is 24.3 Å². The van der Waals surface area contributed by atoms with Crippen LogP contribution in [-0.4, -0.2) is 22.1 Å². The van der Waals surface area contributed by atoms with Crippen LogP contribution < -0.4 is 0 Å². The highest BCUT2D eigenvalue weighted by atomic mass is 16.3. The molecular formula is C28H29NO2. The number of carbonyl (C=O) groups is 1. The van der Waals surface area contributed by atoms with Gasteiger partial charge in [-0.2, -0.15) is 0 Å². The van der Waals surface area contributed by atoms with Crippen LogP contribution in [0.2, 0.25) is 0 Å². The average molecular weight is 412 g/mol. The van der Waals surface area contributed by atoms with Gasteiger partial charge in [-0.1, -0.05) is 72.8 Å². The predicted octanol–water partition coefficient (Wildman–Crippen LogP) is 6.58. The second kappa shape index (κ2) is 8.50. The Morgan fingerprint density at radius 1 is 0.935 bits per heavy atom. The Kier molecular flexibility index (Phi) is 5.77. The van der Waals surface area contributed by atoms with E-state index < -0.39 is 0 Å². The van der Waals surface area contributed by atoms with E-state index in [-0.39, 0.29) is 23.0 Å². The van der Waals surface area contributed by atoms with Gasteiger partial charge in [0, 0.05) is 19.3 Å². The molecule has 158 valence electrons. The van der Waals surface area contributed by atoms with Crippen LogP contribution in [0.25, 0.3) is 10.8 Å². The van der Waals surface area contributed by atoms with Crippen molar-refractivity contribution in [3.8, 4) is 0 Å². The molecule has 0 heterocycles. The van der Waals surface area contributed by atoms with Crippen LogP contribution in [0.4, 0.5) is 0 Å². The molecule has 0 bridgehead atoms. The zero-order chi connectivity index (χ0) is 22.0. The maximum absolute atomic E-state index is 13.3. The average Bonchev–Trinajstić information content (AvgIpc) is 2.73. The summed E-state index contributed by atoms with van der Waals surface area (Å²) in [5.41, 5.74) is 2.93. The monoisotopic (exact) mass is 411 g/mol. The molecule has 0 aliphatic heterocycles. The third-order valence-corrected chi connectivity index (χ3v) is 5.71. The molecule has 1 atom stereocenters. The third-order valence-electron chi connectivity index (χ3n) is 5.71. The van der Waals surface area contributed by atoms with E-state index in [9.17, 15) is 9.90 Å². The summed E-state index contributed by atoms with van der Waals surface area (Å²) >= 11 is 0. The number of benzene rings is 3. The smallest absolute Gasteiger partial charge is 0.168 e. The van der Waals surface area contributed by atoms with Crippen molar-refractivity contribution >= 4 is 22.3 Å². The number of allylic oxidation sites excluding steroid dienone is 2. The number of aliphatic imine (C=N–C) groups is 1. The minimum absolute atomic E-state index is 0.00546. The van der Waals surface area contributed by atoms with E-state index in [4.69, 9.17) is 4.99 Å². The molecule has 3 aromatic rings. The van der Waals surface area contributed by atoms with E-state index in [1.165, 1.54) is 0 Å². The van der Waals surface area contributed by atoms with Gasteiger partial charge in [0.05, 0.1) is 16.8 Å². The molecule has 4 rings (SSSR count). The fourth-order valence-electron chi connectivity index (χ4n) is 4.40. The Morgan fingerprint density at radius 3 is 2.32 bits per heavy atom. The van der Waals surface area contributed by atoms with E-state index in [1.54, 1.807) is 0 Å². The highest BCUT2D eigenvalue weighted by molar-refractivity contribution is 6.24. The largest absolute Gasteiger partial charge is 0.511 e. The van der Waals surface area contributed by atoms with Crippen LogP contribution >= 0.6 is 0 Å². The van der Waals surface area contributed by atoms with Crippen molar-refractivity contribution in [1.82, 2.24) is 0 Å². The van der Waals surface area contributed by atoms with Gasteiger partial charge in [-0.25, -0.2) is 0 Å². The maximum atomic E-state index is 13.3. The lowest BCUT2D eigenvalue weighted by molar-refractivity contribution is -0.116. The number of hydrogen-bond acceptors (Lipinski definition) is 3. The lowest BCUT2D eigenvalue weighted by Crippen LogP contribution is -2.27. The Bertz CT molecular complexity index is 1160. The van der Waals surface area contributed by atoms with Crippen molar-refractivity contribution in [2.24, 2.45) is 4.99 Å². The number of ketones is 1. The molecular weight excluding hydrogens is 382 g/mol. The number of hydrogen-bond donors (Lipinski definition) is 1. The van der Waals surface area contributed by atoms with E-state index in [1.807, 2.05) is 69.3 Å². The van der Waals surface area contributed by atoms with Crippen LogP contribution in [0.15, 0.2) is 89.1 Å². The number of rotatable bonds is 4. The number of Topliss-reactive ketones (excluding diaryl/α,β-unsaturated/α-hetero) is 1. The van der Waals surface area contributed by atoms with Gasteiger partial charge in [-0.15, -0.1) is 0 Å². The van der Waals surface area contributed by atoms with Crippen LogP contribution in [0.5, 0.6) is 0 Å². The Morgan fingerprint density at radius 2 is 1.61 bits per heavy atom. The molecule has 0 amide bonds. The molecule has 1 aliphatic rings. The van der Waals surface area contributed by atoms with Gasteiger partial charge in [-0.05, 0) is 48.6 Å². The van der Waals surface area contributed by atoms with Gasteiger partial charge in [0.15, 0.2) is 5.78 Å². The summed E-state index contributed by atoms with van der Waals surface area (Å²) in [6, 6.07) is 24.4. The van der Waals surface area contributed by atoms with Crippen LogP contribution in [0.1, 0.15) is 50.7 Å². The molecule has 3 heteroatoms. The maximum Gasteiger partial charge on any atom is 0.168 e. The molecule has 3 nitrogen and oxygen atoms in total. The number of aliphatic hydroxyl groups is 1. The van der Waals surface area contributed by atoms with Crippen molar-refractivity contribution in [3.63, 3.8) is 0 Å². The van der Waals surface area contributed by atoms with Gasteiger partial charge in [0.25, 0.3) is 0 Å². The molecule has 1 N–H and O–H groups in total. The summed E-state index contributed by atoms with van der Waals surface area (Å²) in [6.07, 6.45) is 1.37. The quantitative estimate of drug-likeness (QED) is 0.493. The molecule has 0 radical (unpaired) electrons. The van der Waals surface area contributed by atoms with E-state index in [0.29, 0.717) is 30.5 Å². The van der Waals surface area contributed by atoms with Crippen molar-refractivity contribution in [2.45, 2.75) is 51.5 Å². The first-order valence-electron chi connectivity index (χ1n) is 10.9. The van der Waals surface area contributed by atoms with Gasteiger partial charge in [-0.3, -0.25) is 9.79 Å². The number of carbonyl (C=O) groups excluding carboxylic acids is 1. The molecule has 3 aromatic carbocycles. The van der Waals surface area contributed by atoms with Crippen molar-refractivity contribution in [2.75, 3.05) is 0 Å². The summed E-state index contributed by atoms with van der Waals surface area (Å²) in [5.74, 6) is 0.139.